The van der Waals surface area contributed by atoms with Crippen molar-refractivity contribution in [1.82, 2.24) is 4.90 Å². The summed E-state index contributed by atoms with van der Waals surface area (Å²) in [5.74, 6) is 0.367. The number of likely N-dealkylation sites (tertiary alicyclic amines) is 1. The summed E-state index contributed by atoms with van der Waals surface area (Å²) in [5.41, 5.74) is 1.28. The SMILES string of the molecule is O=C1CCN(CCc2ccc(Cl)cc2)C1. The highest BCUT2D eigenvalue weighted by Crippen LogP contribution is 2.11. The van der Waals surface area contributed by atoms with Gasteiger partial charge in [-0.25, -0.2) is 0 Å². The monoisotopic (exact) mass is 223 g/mol. The van der Waals surface area contributed by atoms with Gasteiger partial charge in [-0.05, 0) is 24.1 Å². The second-order valence-electron chi connectivity index (χ2n) is 3.94. The number of Topliss-reactive ketones (excluding diaryl/α,β-unsaturated/α-hetero) is 1. The zero-order valence-corrected chi connectivity index (χ0v) is 9.33. The van der Waals surface area contributed by atoms with Crippen LogP contribution in [0.4, 0.5) is 0 Å². The second-order valence-corrected chi connectivity index (χ2v) is 4.38. The Bertz CT molecular complexity index is 347. The highest BCUT2D eigenvalue weighted by atomic mass is 35.5. The fourth-order valence-electron chi connectivity index (χ4n) is 1.82. The molecule has 15 heavy (non-hydrogen) atoms. The van der Waals surface area contributed by atoms with Crippen LogP contribution >= 0.6 is 11.6 Å². The molecule has 0 N–H and O–H groups in total. The van der Waals surface area contributed by atoms with E-state index in [-0.39, 0.29) is 0 Å². The minimum Gasteiger partial charge on any atom is -0.298 e. The zero-order chi connectivity index (χ0) is 10.7. The molecule has 0 spiro atoms. The molecule has 0 aliphatic carbocycles. The van der Waals surface area contributed by atoms with Gasteiger partial charge >= 0.3 is 0 Å². The third kappa shape index (κ3) is 3.05. The van der Waals surface area contributed by atoms with Crippen LogP contribution < -0.4 is 0 Å². The lowest BCUT2D eigenvalue weighted by Gasteiger charge is -2.12. The Labute approximate surface area is 94.8 Å². The van der Waals surface area contributed by atoms with Gasteiger partial charge in [0.05, 0.1) is 6.54 Å². The van der Waals surface area contributed by atoms with E-state index < -0.39 is 0 Å². The smallest absolute Gasteiger partial charge is 0.148 e. The lowest BCUT2D eigenvalue weighted by Crippen LogP contribution is -2.23. The Hall–Kier alpha value is -0.860. The fourth-order valence-corrected chi connectivity index (χ4v) is 1.95. The van der Waals surface area contributed by atoms with Crippen molar-refractivity contribution in [3.63, 3.8) is 0 Å². The fraction of sp³-hybridized carbons (Fsp3) is 0.417. The van der Waals surface area contributed by atoms with Crippen LogP contribution in [-0.4, -0.2) is 30.3 Å². The zero-order valence-electron chi connectivity index (χ0n) is 8.58. The Kier molecular flexibility index (Phi) is 3.39. The third-order valence-corrected chi connectivity index (χ3v) is 2.99. The Morgan fingerprint density at radius 3 is 2.60 bits per heavy atom. The van der Waals surface area contributed by atoms with E-state index in [0.29, 0.717) is 12.3 Å². The quantitative estimate of drug-likeness (QED) is 0.783. The van der Waals surface area contributed by atoms with Gasteiger partial charge in [0.1, 0.15) is 5.78 Å². The summed E-state index contributed by atoms with van der Waals surface area (Å²) in [6.45, 7) is 2.52. The van der Waals surface area contributed by atoms with Crippen LogP contribution in [0.5, 0.6) is 0 Å². The number of hydrogen-bond donors (Lipinski definition) is 0. The summed E-state index contributed by atoms with van der Waals surface area (Å²) < 4.78 is 0. The summed E-state index contributed by atoms with van der Waals surface area (Å²) in [6, 6.07) is 7.90. The van der Waals surface area contributed by atoms with Crippen LogP contribution in [-0.2, 0) is 11.2 Å². The molecule has 0 atom stereocenters. The molecule has 0 saturated carbocycles. The van der Waals surface area contributed by atoms with Gasteiger partial charge in [-0.3, -0.25) is 9.69 Å². The summed E-state index contributed by atoms with van der Waals surface area (Å²) in [6.07, 6.45) is 1.71. The van der Waals surface area contributed by atoms with Crippen LogP contribution in [0.15, 0.2) is 24.3 Å². The first-order valence-electron chi connectivity index (χ1n) is 5.22. The molecule has 1 aliphatic rings. The molecule has 0 bridgehead atoms. The molecule has 2 rings (SSSR count). The molecule has 3 heteroatoms. The van der Waals surface area contributed by atoms with E-state index in [1.54, 1.807) is 0 Å². The second kappa shape index (κ2) is 4.77. The van der Waals surface area contributed by atoms with Gasteiger partial charge < -0.3 is 0 Å². The van der Waals surface area contributed by atoms with Crippen LogP contribution in [0.25, 0.3) is 0 Å². The molecule has 1 saturated heterocycles. The van der Waals surface area contributed by atoms with Gasteiger partial charge in [-0.15, -0.1) is 0 Å². The predicted molar refractivity (Wildman–Crippen MR) is 61.2 cm³/mol. The van der Waals surface area contributed by atoms with Crippen molar-refractivity contribution in [3.05, 3.63) is 34.9 Å². The number of halogens is 1. The summed E-state index contributed by atoms with van der Waals surface area (Å²) in [7, 11) is 0. The maximum Gasteiger partial charge on any atom is 0.148 e. The van der Waals surface area contributed by atoms with Crippen molar-refractivity contribution in [3.8, 4) is 0 Å². The number of rotatable bonds is 3. The predicted octanol–water partition coefficient (Wildman–Crippen LogP) is 2.16. The van der Waals surface area contributed by atoms with Gasteiger partial charge in [0.15, 0.2) is 0 Å². The van der Waals surface area contributed by atoms with Crippen molar-refractivity contribution < 1.29 is 4.79 Å². The van der Waals surface area contributed by atoms with E-state index in [1.807, 2.05) is 24.3 Å². The minimum atomic E-state index is 0.367. The van der Waals surface area contributed by atoms with Gasteiger partial charge in [-0.1, -0.05) is 23.7 Å². The van der Waals surface area contributed by atoms with Crippen molar-refractivity contribution >= 4 is 17.4 Å². The molecule has 0 aromatic heterocycles. The molecule has 1 aliphatic heterocycles. The minimum absolute atomic E-state index is 0.367. The van der Waals surface area contributed by atoms with Crippen LogP contribution in [0.2, 0.25) is 5.02 Å². The molecular weight excluding hydrogens is 210 g/mol. The topological polar surface area (TPSA) is 20.3 Å². The van der Waals surface area contributed by atoms with E-state index in [1.165, 1.54) is 5.56 Å². The summed E-state index contributed by atoms with van der Waals surface area (Å²) in [4.78, 5) is 13.3. The Morgan fingerprint density at radius 1 is 1.27 bits per heavy atom. The lowest BCUT2D eigenvalue weighted by molar-refractivity contribution is -0.116. The standard InChI is InChI=1S/C12H14ClNO/c13-11-3-1-10(2-4-11)5-7-14-8-6-12(15)9-14/h1-4H,5-9H2. The number of ketones is 1. The number of carbonyl (C=O) groups excluding carboxylic acids is 1. The van der Waals surface area contributed by atoms with Crippen LogP contribution in [0, 0.1) is 0 Å². The molecule has 1 heterocycles. The Balaban J connectivity index is 1.83. The molecule has 1 fully saturated rings. The van der Waals surface area contributed by atoms with Crippen molar-refractivity contribution in [2.45, 2.75) is 12.8 Å². The van der Waals surface area contributed by atoms with Crippen molar-refractivity contribution in [1.29, 1.82) is 0 Å². The highest BCUT2D eigenvalue weighted by Gasteiger charge is 2.18. The first kappa shape index (κ1) is 10.7. The first-order valence-corrected chi connectivity index (χ1v) is 5.60. The maximum absolute atomic E-state index is 11.1. The molecular formula is C12H14ClNO. The van der Waals surface area contributed by atoms with Gasteiger partial charge in [0.25, 0.3) is 0 Å². The molecule has 0 amide bonds. The van der Waals surface area contributed by atoms with Crippen LogP contribution in [0.1, 0.15) is 12.0 Å². The van der Waals surface area contributed by atoms with E-state index >= 15 is 0 Å². The Morgan fingerprint density at radius 2 is 2.00 bits per heavy atom. The third-order valence-electron chi connectivity index (χ3n) is 2.74. The normalized spacial score (nSPS) is 17.3. The average molecular weight is 224 g/mol. The largest absolute Gasteiger partial charge is 0.298 e. The van der Waals surface area contributed by atoms with Gasteiger partial charge in [0, 0.05) is 24.5 Å². The number of hydrogen-bond acceptors (Lipinski definition) is 2. The molecule has 0 radical (unpaired) electrons. The molecule has 1 aromatic carbocycles. The van der Waals surface area contributed by atoms with E-state index in [9.17, 15) is 4.79 Å². The number of benzene rings is 1. The van der Waals surface area contributed by atoms with Crippen LogP contribution in [0.3, 0.4) is 0 Å². The maximum atomic E-state index is 11.1. The number of nitrogens with zero attached hydrogens (tertiary/aromatic N) is 1. The van der Waals surface area contributed by atoms with Crippen molar-refractivity contribution in [2.75, 3.05) is 19.6 Å². The molecule has 1 aromatic rings. The molecule has 0 unspecified atom stereocenters. The number of carbonyl (C=O) groups is 1. The summed E-state index contributed by atoms with van der Waals surface area (Å²) in [5, 5.41) is 0.773. The first-order chi connectivity index (χ1) is 7.24. The molecule has 80 valence electrons. The summed E-state index contributed by atoms with van der Waals surface area (Å²) >= 11 is 5.80. The highest BCUT2D eigenvalue weighted by molar-refractivity contribution is 6.30. The van der Waals surface area contributed by atoms with Gasteiger partial charge in [0.2, 0.25) is 0 Å². The average Bonchev–Trinajstić information content (AvgIpc) is 2.64. The lowest BCUT2D eigenvalue weighted by atomic mass is 10.1. The van der Waals surface area contributed by atoms with E-state index in [2.05, 4.69) is 4.90 Å². The molecule has 2 nitrogen and oxygen atoms in total. The van der Waals surface area contributed by atoms with E-state index in [0.717, 1.165) is 31.0 Å². The van der Waals surface area contributed by atoms with E-state index in [4.69, 9.17) is 11.6 Å². The van der Waals surface area contributed by atoms with Crippen molar-refractivity contribution in [2.24, 2.45) is 0 Å². The van der Waals surface area contributed by atoms with Gasteiger partial charge in [-0.2, -0.15) is 0 Å².